The summed E-state index contributed by atoms with van der Waals surface area (Å²) in [5.41, 5.74) is 3.37. The molecule has 0 radical (unpaired) electrons. The van der Waals surface area contributed by atoms with Crippen LogP contribution in [0.15, 0.2) is 71.6 Å². The van der Waals surface area contributed by atoms with Gasteiger partial charge < -0.3 is 14.8 Å². The molecule has 0 bridgehead atoms. The molecule has 0 heterocycles. The molecule has 3 aromatic carbocycles. The molecule has 1 amide bonds. The molecule has 0 saturated carbocycles. The molecule has 0 fully saturated rings. The van der Waals surface area contributed by atoms with Gasteiger partial charge in [0.1, 0.15) is 6.54 Å². The average Bonchev–Trinajstić information content (AvgIpc) is 2.86. The third-order valence-corrected chi connectivity index (χ3v) is 7.99. The summed E-state index contributed by atoms with van der Waals surface area (Å²) in [4.78, 5) is 13.3. The Labute approximate surface area is 220 Å². The van der Waals surface area contributed by atoms with E-state index in [0.717, 1.165) is 15.4 Å². The molecule has 0 unspecified atom stereocenters. The summed E-state index contributed by atoms with van der Waals surface area (Å²) < 4.78 is 39.1. The Kier molecular flexibility index (Phi) is 8.53. The van der Waals surface area contributed by atoms with E-state index < -0.39 is 22.5 Å². The van der Waals surface area contributed by atoms with Crippen LogP contribution in [0.4, 0.5) is 5.69 Å². The molecule has 8 heteroatoms. The second-order valence-electron chi connectivity index (χ2n) is 10.0. The van der Waals surface area contributed by atoms with Gasteiger partial charge in [-0.15, -0.1) is 0 Å². The van der Waals surface area contributed by atoms with E-state index >= 15 is 0 Å². The van der Waals surface area contributed by atoms with Crippen LogP contribution in [0.3, 0.4) is 0 Å². The van der Waals surface area contributed by atoms with Crippen molar-refractivity contribution in [2.24, 2.45) is 0 Å². The zero-order valence-electron chi connectivity index (χ0n) is 22.5. The Bertz CT molecular complexity index is 1330. The molecule has 3 rings (SSSR count). The Morgan fingerprint density at radius 2 is 1.51 bits per heavy atom. The van der Waals surface area contributed by atoms with Gasteiger partial charge in [0.05, 0.1) is 30.8 Å². The molecule has 0 aromatic heterocycles. The van der Waals surface area contributed by atoms with Crippen molar-refractivity contribution in [3.05, 3.63) is 83.4 Å². The van der Waals surface area contributed by atoms with Crippen molar-refractivity contribution in [2.45, 2.75) is 51.0 Å². The zero-order chi connectivity index (χ0) is 27.4. The van der Waals surface area contributed by atoms with Gasteiger partial charge in [-0.25, -0.2) is 8.42 Å². The van der Waals surface area contributed by atoms with E-state index in [1.165, 1.54) is 31.9 Å². The molecule has 0 spiro atoms. The topological polar surface area (TPSA) is 84.9 Å². The highest BCUT2D eigenvalue weighted by Crippen LogP contribution is 2.34. The average molecular weight is 525 g/mol. The number of benzene rings is 3. The molecule has 7 nitrogen and oxygen atoms in total. The predicted molar refractivity (Wildman–Crippen MR) is 147 cm³/mol. The van der Waals surface area contributed by atoms with E-state index in [1.807, 2.05) is 26.0 Å². The lowest BCUT2D eigenvalue weighted by atomic mass is 9.86. The molecule has 0 saturated heterocycles. The van der Waals surface area contributed by atoms with Gasteiger partial charge in [0, 0.05) is 6.07 Å². The Hall–Kier alpha value is -3.52. The number of aryl methyl sites for hydroxylation is 1. The highest BCUT2D eigenvalue weighted by atomic mass is 32.2. The molecular formula is C29H36N2O5S. The largest absolute Gasteiger partial charge is 0.493 e. The molecule has 0 aliphatic carbocycles. The van der Waals surface area contributed by atoms with Crippen molar-refractivity contribution in [1.29, 1.82) is 0 Å². The molecular weight excluding hydrogens is 488 g/mol. The summed E-state index contributed by atoms with van der Waals surface area (Å²) >= 11 is 0. The number of hydrogen-bond donors (Lipinski definition) is 1. The van der Waals surface area contributed by atoms with E-state index in [2.05, 4.69) is 38.2 Å². The molecule has 3 aromatic rings. The fraction of sp³-hybridized carbons (Fsp3) is 0.345. The third-order valence-electron chi connectivity index (χ3n) is 6.21. The minimum absolute atomic E-state index is 0.0231. The van der Waals surface area contributed by atoms with Crippen LogP contribution in [-0.2, 0) is 20.2 Å². The van der Waals surface area contributed by atoms with Crippen molar-refractivity contribution >= 4 is 21.6 Å². The first-order valence-electron chi connectivity index (χ1n) is 12.1. The summed E-state index contributed by atoms with van der Waals surface area (Å²) in [6.45, 7) is 9.78. The van der Waals surface area contributed by atoms with Crippen LogP contribution in [0.1, 0.15) is 50.4 Å². The van der Waals surface area contributed by atoms with Gasteiger partial charge in [0.15, 0.2) is 11.5 Å². The van der Waals surface area contributed by atoms with E-state index in [9.17, 15) is 13.2 Å². The number of nitrogens with zero attached hydrogens (tertiary/aromatic N) is 1. The van der Waals surface area contributed by atoms with Gasteiger partial charge in [0.25, 0.3) is 10.0 Å². The molecule has 0 aliphatic heterocycles. The number of hydrogen-bond acceptors (Lipinski definition) is 5. The van der Waals surface area contributed by atoms with Gasteiger partial charge in [-0.2, -0.15) is 0 Å². The summed E-state index contributed by atoms with van der Waals surface area (Å²) in [7, 11) is -1.08. The van der Waals surface area contributed by atoms with Gasteiger partial charge in [0.2, 0.25) is 5.91 Å². The molecule has 37 heavy (non-hydrogen) atoms. The van der Waals surface area contributed by atoms with E-state index in [1.54, 1.807) is 30.3 Å². The number of nitrogens with one attached hydrogen (secondary N) is 1. The van der Waals surface area contributed by atoms with Crippen LogP contribution in [-0.4, -0.2) is 35.1 Å². The van der Waals surface area contributed by atoms with E-state index in [-0.39, 0.29) is 22.0 Å². The number of methoxy groups -OCH3 is 2. The summed E-state index contributed by atoms with van der Waals surface area (Å²) in [6.07, 6.45) is 0. The monoisotopic (exact) mass is 524 g/mol. The maximum absolute atomic E-state index is 13.7. The number of ether oxygens (including phenoxy) is 2. The quantitative estimate of drug-likeness (QED) is 0.406. The second kappa shape index (κ2) is 11.3. The lowest BCUT2D eigenvalue weighted by Gasteiger charge is -2.26. The van der Waals surface area contributed by atoms with Crippen molar-refractivity contribution in [1.82, 2.24) is 5.32 Å². The number of carbonyl (C=O) groups is 1. The van der Waals surface area contributed by atoms with Crippen molar-refractivity contribution in [2.75, 3.05) is 25.1 Å². The Morgan fingerprint density at radius 1 is 0.919 bits per heavy atom. The third kappa shape index (κ3) is 6.63. The highest BCUT2D eigenvalue weighted by Gasteiger charge is 2.28. The van der Waals surface area contributed by atoms with Gasteiger partial charge in [-0.3, -0.25) is 9.10 Å². The lowest BCUT2D eigenvalue weighted by Crippen LogP contribution is -2.41. The standard InChI is InChI=1S/C29H36N2O5S/c1-20-8-15-25(16-9-20)37(33,34)31(24-14-17-26(35-6)27(18-24)36-7)19-28(32)30-21(2)22-10-12-23(13-11-22)29(3,4)5/h8-18,21H,19H2,1-7H3,(H,30,32)/t21-/m1/s1. The van der Waals surface area contributed by atoms with Crippen molar-refractivity contribution in [3.63, 3.8) is 0 Å². The molecule has 1 atom stereocenters. The summed E-state index contributed by atoms with van der Waals surface area (Å²) in [5.74, 6) is 0.380. The summed E-state index contributed by atoms with van der Waals surface area (Å²) in [6, 6.07) is 19.0. The smallest absolute Gasteiger partial charge is 0.264 e. The number of anilines is 1. The van der Waals surface area contributed by atoms with Crippen molar-refractivity contribution in [3.8, 4) is 11.5 Å². The van der Waals surface area contributed by atoms with Crippen LogP contribution in [0.25, 0.3) is 0 Å². The minimum Gasteiger partial charge on any atom is -0.493 e. The second-order valence-corrected chi connectivity index (χ2v) is 11.9. The maximum atomic E-state index is 13.7. The SMILES string of the molecule is COc1ccc(N(CC(=O)N[C@H](C)c2ccc(C(C)(C)C)cc2)S(=O)(=O)c2ccc(C)cc2)cc1OC. The zero-order valence-corrected chi connectivity index (χ0v) is 23.3. The van der Waals surface area contributed by atoms with Crippen LogP contribution in [0.5, 0.6) is 11.5 Å². The first kappa shape index (κ1) is 28.1. The summed E-state index contributed by atoms with van der Waals surface area (Å²) in [5, 5.41) is 2.94. The van der Waals surface area contributed by atoms with Gasteiger partial charge in [-0.1, -0.05) is 62.7 Å². The molecule has 0 aliphatic rings. The van der Waals surface area contributed by atoms with E-state index in [4.69, 9.17) is 9.47 Å². The van der Waals surface area contributed by atoms with E-state index in [0.29, 0.717) is 11.5 Å². The number of amides is 1. The first-order chi connectivity index (χ1) is 17.4. The Morgan fingerprint density at radius 3 is 2.05 bits per heavy atom. The normalized spacial score (nSPS) is 12.5. The van der Waals surface area contributed by atoms with Crippen LogP contribution < -0.4 is 19.1 Å². The van der Waals surface area contributed by atoms with Crippen molar-refractivity contribution < 1.29 is 22.7 Å². The van der Waals surface area contributed by atoms with Gasteiger partial charge >= 0.3 is 0 Å². The predicted octanol–water partition coefficient (Wildman–Crippen LogP) is 5.38. The first-order valence-corrected chi connectivity index (χ1v) is 13.5. The lowest BCUT2D eigenvalue weighted by molar-refractivity contribution is -0.120. The number of sulfonamides is 1. The van der Waals surface area contributed by atoms with Crippen LogP contribution >= 0.6 is 0 Å². The number of carbonyl (C=O) groups excluding carboxylic acids is 1. The number of rotatable bonds is 9. The minimum atomic E-state index is -4.06. The van der Waals surface area contributed by atoms with Gasteiger partial charge in [-0.05, 0) is 54.7 Å². The van der Waals surface area contributed by atoms with Crippen LogP contribution in [0.2, 0.25) is 0 Å². The molecule has 1 N–H and O–H groups in total. The Balaban J connectivity index is 1.91. The maximum Gasteiger partial charge on any atom is 0.264 e. The molecule has 198 valence electrons. The fourth-order valence-electron chi connectivity index (χ4n) is 3.91. The van der Waals surface area contributed by atoms with Crippen LogP contribution in [0, 0.1) is 6.92 Å². The fourth-order valence-corrected chi connectivity index (χ4v) is 5.32. The highest BCUT2D eigenvalue weighted by molar-refractivity contribution is 7.92.